The van der Waals surface area contributed by atoms with Crippen molar-refractivity contribution in [3.63, 3.8) is 0 Å². The lowest BCUT2D eigenvalue weighted by Crippen LogP contribution is -2.60. The second kappa shape index (κ2) is 4.55. The number of ether oxygens (including phenoxy) is 1. The summed E-state index contributed by atoms with van der Waals surface area (Å²) in [6, 6.07) is 0.504. The number of rotatable bonds is 3. The maximum Gasteiger partial charge on any atom is 0.272 e. The second-order valence-corrected chi connectivity index (χ2v) is 5.11. The average molecular weight is 234 g/mol. The van der Waals surface area contributed by atoms with Gasteiger partial charge in [-0.05, 0) is 13.8 Å². The Hall–Kier alpha value is -0.260. The molecule has 0 aromatic carbocycles. The summed E-state index contributed by atoms with van der Waals surface area (Å²) in [6.07, 6.45) is 0.0900. The van der Waals surface area contributed by atoms with E-state index >= 15 is 0 Å². The van der Waals surface area contributed by atoms with Crippen LogP contribution in [0.3, 0.4) is 0 Å². The molecule has 0 amide bonds. The SMILES string of the molecule is CC(C)N1CCOC(CN2CC(F)(F)C2)C1. The van der Waals surface area contributed by atoms with Crippen molar-refractivity contribution in [2.75, 3.05) is 39.3 Å². The Morgan fingerprint density at radius 2 is 2.06 bits per heavy atom. The van der Waals surface area contributed by atoms with Crippen molar-refractivity contribution in [2.45, 2.75) is 31.9 Å². The third-order valence-corrected chi connectivity index (χ3v) is 3.27. The average Bonchev–Trinajstić information content (AvgIpc) is 2.15. The van der Waals surface area contributed by atoms with Gasteiger partial charge in [-0.25, -0.2) is 8.78 Å². The summed E-state index contributed by atoms with van der Waals surface area (Å²) in [5, 5.41) is 0. The van der Waals surface area contributed by atoms with Crippen molar-refractivity contribution in [3.8, 4) is 0 Å². The first-order chi connectivity index (χ1) is 7.46. The zero-order valence-electron chi connectivity index (χ0n) is 9.96. The molecule has 0 N–H and O–H groups in total. The fourth-order valence-corrected chi connectivity index (χ4v) is 2.35. The third kappa shape index (κ3) is 2.90. The number of hydrogen-bond acceptors (Lipinski definition) is 3. The van der Waals surface area contributed by atoms with Crippen LogP contribution in [0.1, 0.15) is 13.8 Å². The summed E-state index contributed by atoms with van der Waals surface area (Å²) in [5.74, 6) is -2.47. The summed E-state index contributed by atoms with van der Waals surface area (Å²) >= 11 is 0. The van der Waals surface area contributed by atoms with Gasteiger partial charge < -0.3 is 4.74 Å². The zero-order chi connectivity index (χ0) is 11.8. The highest BCUT2D eigenvalue weighted by atomic mass is 19.3. The van der Waals surface area contributed by atoms with Crippen molar-refractivity contribution in [3.05, 3.63) is 0 Å². The van der Waals surface area contributed by atoms with E-state index in [-0.39, 0.29) is 19.2 Å². The molecule has 0 saturated carbocycles. The van der Waals surface area contributed by atoms with E-state index in [1.165, 1.54) is 0 Å². The minimum absolute atomic E-state index is 0.0900. The molecule has 2 heterocycles. The molecular formula is C11H20F2N2O. The zero-order valence-corrected chi connectivity index (χ0v) is 9.96. The summed E-state index contributed by atoms with van der Waals surface area (Å²) in [4.78, 5) is 4.11. The minimum Gasteiger partial charge on any atom is -0.374 e. The van der Waals surface area contributed by atoms with E-state index in [1.807, 2.05) is 0 Å². The minimum atomic E-state index is -2.47. The van der Waals surface area contributed by atoms with Crippen LogP contribution in [-0.4, -0.2) is 67.2 Å². The maximum absolute atomic E-state index is 12.7. The predicted molar refractivity (Wildman–Crippen MR) is 57.8 cm³/mol. The third-order valence-electron chi connectivity index (χ3n) is 3.27. The molecule has 0 spiro atoms. The number of likely N-dealkylation sites (tertiary alicyclic amines) is 1. The van der Waals surface area contributed by atoms with Crippen LogP contribution in [0, 0.1) is 0 Å². The monoisotopic (exact) mass is 234 g/mol. The van der Waals surface area contributed by atoms with Crippen molar-refractivity contribution < 1.29 is 13.5 Å². The fraction of sp³-hybridized carbons (Fsp3) is 1.00. The Bertz CT molecular complexity index is 240. The molecule has 94 valence electrons. The standard InChI is InChI=1S/C11H20F2N2O/c1-9(2)15-3-4-16-10(6-15)5-14-7-11(12,13)8-14/h9-10H,3-8H2,1-2H3. The topological polar surface area (TPSA) is 15.7 Å². The van der Waals surface area contributed by atoms with Gasteiger partial charge in [0.05, 0.1) is 25.8 Å². The Labute approximate surface area is 95.3 Å². The molecule has 2 rings (SSSR count). The first-order valence-electron chi connectivity index (χ1n) is 5.92. The molecule has 0 aromatic rings. The molecule has 2 aliphatic heterocycles. The van der Waals surface area contributed by atoms with Crippen LogP contribution >= 0.6 is 0 Å². The van der Waals surface area contributed by atoms with E-state index in [2.05, 4.69) is 18.7 Å². The van der Waals surface area contributed by atoms with Crippen LogP contribution < -0.4 is 0 Å². The number of morpholine rings is 1. The van der Waals surface area contributed by atoms with E-state index in [4.69, 9.17) is 4.74 Å². The first-order valence-corrected chi connectivity index (χ1v) is 5.92. The van der Waals surface area contributed by atoms with E-state index in [0.29, 0.717) is 19.2 Å². The van der Waals surface area contributed by atoms with Crippen LogP contribution in [0.5, 0.6) is 0 Å². The highest BCUT2D eigenvalue weighted by Crippen LogP contribution is 2.27. The maximum atomic E-state index is 12.7. The molecule has 1 unspecified atom stereocenters. The smallest absolute Gasteiger partial charge is 0.272 e. The number of nitrogens with zero attached hydrogens (tertiary/aromatic N) is 2. The number of alkyl halides is 2. The van der Waals surface area contributed by atoms with Gasteiger partial charge in [-0.1, -0.05) is 0 Å². The van der Waals surface area contributed by atoms with Crippen LogP contribution in [0.25, 0.3) is 0 Å². The van der Waals surface area contributed by atoms with Gasteiger partial charge in [0, 0.05) is 25.7 Å². The molecule has 2 aliphatic rings. The second-order valence-electron chi connectivity index (χ2n) is 5.11. The normalized spacial score (nSPS) is 31.7. The summed E-state index contributed by atoms with van der Waals surface area (Å²) < 4.78 is 30.9. The van der Waals surface area contributed by atoms with Gasteiger partial charge >= 0.3 is 0 Å². The van der Waals surface area contributed by atoms with Crippen LogP contribution in [0.4, 0.5) is 8.78 Å². The molecule has 0 aromatic heterocycles. The first kappa shape index (κ1) is 12.2. The van der Waals surface area contributed by atoms with E-state index < -0.39 is 5.92 Å². The molecule has 5 heteroatoms. The molecule has 3 nitrogen and oxygen atoms in total. The molecule has 2 saturated heterocycles. The lowest BCUT2D eigenvalue weighted by Gasteiger charge is -2.43. The van der Waals surface area contributed by atoms with Crippen molar-refractivity contribution in [1.29, 1.82) is 0 Å². The van der Waals surface area contributed by atoms with Crippen molar-refractivity contribution in [2.24, 2.45) is 0 Å². The quantitative estimate of drug-likeness (QED) is 0.726. The number of hydrogen-bond donors (Lipinski definition) is 0. The van der Waals surface area contributed by atoms with Gasteiger partial charge in [0.1, 0.15) is 0 Å². The van der Waals surface area contributed by atoms with Crippen LogP contribution in [-0.2, 0) is 4.74 Å². The van der Waals surface area contributed by atoms with Crippen LogP contribution in [0.15, 0.2) is 0 Å². The largest absolute Gasteiger partial charge is 0.374 e. The summed E-state index contributed by atoms with van der Waals surface area (Å²) in [5.41, 5.74) is 0. The molecule has 0 radical (unpaired) electrons. The van der Waals surface area contributed by atoms with Crippen molar-refractivity contribution >= 4 is 0 Å². The molecular weight excluding hydrogens is 214 g/mol. The predicted octanol–water partition coefficient (Wildman–Crippen LogP) is 1.05. The fourth-order valence-electron chi connectivity index (χ4n) is 2.35. The molecule has 1 atom stereocenters. The summed E-state index contributed by atoms with van der Waals surface area (Å²) in [7, 11) is 0. The summed E-state index contributed by atoms with van der Waals surface area (Å²) in [6.45, 7) is 7.26. The van der Waals surface area contributed by atoms with Gasteiger partial charge in [0.15, 0.2) is 0 Å². The van der Waals surface area contributed by atoms with Gasteiger partial charge in [-0.3, -0.25) is 9.80 Å². The highest BCUT2D eigenvalue weighted by molar-refractivity contribution is 4.89. The van der Waals surface area contributed by atoms with Gasteiger partial charge in [-0.2, -0.15) is 0 Å². The lowest BCUT2D eigenvalue weighted by atomic mass is 10.1. The van der Waals surface area contributed by atoms with Crippen molar-refractivity contribution in [1.82, 2.24) is 9.80 Å². The van der Waals surface area contributed by atoms with Gasteiger partial charge in [-0.15, -0.1) is 0 Å². The Morgan fingerprint density at radius 1 is 1.38 bits per heavy atom. The highest BCUT2D eigenvalue weighted by Gasteiger charge is 2.44. The Morgan fingerprint density at radius 3 is 2.62 bits per heavy atom. The van der Waals surface area contributed by atoms with E-state index in [9.17, 15) is 8.78 Å². The Kier molecular flexibility index (Phi) is 3.47. The molecule has 2 fully saturated rings. The van der Waals surface area contributed by atoms with E-state index in [1.54, 1.807) is 4.90 Å². The molecule has 16 heavy (non-hydrogen) atoms. The number of halogens is 2. The molecule has 0 aliphatic carbocycles. The Balaban J connectivity index is 1.74. The van der Waals surface area contributed by atoms with E-state index in [0.717, 1.165) is 13.1 Å². The molecule has 0 bridgehead atoms. The van der Waals surface area contributed by atoms with Gasteiger partial charge in [0.2, 0.25) is 0 Å². The van der Waals surface area contributed by atoms with Gasteiger partial charge in [0.25, 0.3) is 5.92 Å². The lowest BCUT2D eigenvalue weighted by molar-refractivity contribution is -0.150. The van der Waals surface area contributed by atoms with Crippen LogP contribution in [0.2, 0.25) is 0 Å².